The summed E-state index contributed by atoms with van der Waals surface area (Å²) in [6, 6.07) is 8.90. The van der Waals surface area contributed by atoms with Crippen molar-refractivity contribution in [1.82, 2.24) is 4.57 Å². The topological polar surface area (TPSA) is 69.9 Å². The number of esters is 1. The van der Waals surface area contributed by atoms with E-state index in [-0.39, 0.29) is 17.7 Å². The molecule has 0 bridgehead atoms. The van der Waals surface area contributed by atoms with Gasteiger partial charge in [-0.1, -0.05) is 23.5 Å². The Morgan fingerprint density at radius 2 is 1.97 bits per heavy atom. The van der Waals surface area contributed by atoms with Crippen LogP contribution in [0.4, 0.5) is 4.39 Å². The molecule has 0 radical (unpaired) electrons. The summed E-state index contributed by atoms with van der Waals surface area (Å²) in [4.78, 5) is 31.6. The number of ether oxygens (including phenoxy) is 2. The van der Waals surface area contributed by atoms with Crippen molar-refractivity contribution in [3.05, 3.63) is 91.4 Å². The van der Waals surface area contributed by atoms with Gasteiger partial charge in [0.15, 0.2) is 4.80 Å². The number of nitrogens with zero attached hydrogens (tertiary/aromatic N) is 2. The summed E-state index contributed by atoms with van der Waals surface area (Å²) in [5.74, 6) is -0.290. The van der Waals surface area contributed by atoms with Crippen molar-refractivity contribution in [3.63, 3.8) is 0 Å². The number of benzene rings is 2. The summed E-state index contributed by atoms with van der Waals surface area (Å²) in [6.07, 6.45) is 1.78. The standard InChI is InChI=1S/C24H19FI2N2O4S/c1-4-33-23(31)19-12(2)28-24-29(20(19)13-5-7-15(25)8-6-13)22(30)18(34-24)10-14-9-16(26)11-17(27)21(14)32-3/h5-11,20H,4H2,1-3H3/b18-10-/t20-/m0/s1. The Morgan fingerprint density at radius 3 is 2.62 bits per heavy atom. The molecule has 6 nitrogen and oxygen atoms in total. The van der Waals surface area contributed by atoms with Crippen LogP contribution in [0.25, 0.3) is 6.08 Å². The lowest BCUT2D eigenvalue weighted by molar-refractivity contribution is -0.139. The van der Waals surface area contributed by atoms with Crippen LogP contribution in [0.3, 0.4) is 0 Å². The minimum Gasteiger partial charge on any atom is -0.495 e. The zero-order valence-electron chi connectivity index (χ0n) is 18.4. The highest BCUT2D eigenvalue weighted by Crippen LogP contribution is 2.31. The average molecular weight is 704 g/mol. The van der Waals surface area contributed by atoms with Gasteiger partial charge in [-0.25, -0.2) is 14.2 Å². The molecule has 10 heteroatoms. The average Bonchev–Trinajstić information content (AvgIpc) is 3.08. The molecule has 1 aliphatic heterocycles. The first kappa shape index (κ1) is 25.0. The maximum atomic E-state index is 13.7. The van der Waals surface area contributed by atoms with Crippen molar-refractivity contribution >= 4 is 68.6 Å². The van der Waals surface area contributed by atoms with Crippen LogP contribution in [0.2, 0.25) is 0 Å². The Kier molecular flexibility index (Phi) is 7.57. The Balaban J connectivity index is 1.99. The van der Waals surface area contributed by atoms with Gasteiger partial charge in [-0.15, -0.1) is 0 Å². The maximum absolute atomic E-state index is 13.7. The zero-order chi connectivity index (χ0) is 24.6. The van der Waals surface area contributed by atoms with E-state index in [9.17, 15) is 14.0 Å². The normalized spacial score (nSPS) is 15.7. The van der Waals surface area contributed by atoms with Crippen molar-refractivity contribution in [2.24, 2.45) is 4.99 Å². The van der Waals surface area contributed by atoms with E-state index in [4.69, 9.17) is 9.47 Å². The fourth-order valence-electron chi connectivity index (χ4n) is 3.80. The molecule has 2 heterocycles. The molecular weight excluding hydrogens is 685 g/mol. The number of hydrogen-bond donors (Lipinski definition) is 0. The number of aromatic nitrogens is 1. The molecule has 4 rings (SSSR count). The van der Waals surface area contributed by atoms with Crippen molar-refractivity contribution in [2.45, 2.75) is 19.9 Å². The predicted molar refractivity (Wildman–Crippen MR) is 145 cm³/mol. The number of fused-ring (bicyclic) bond motifs is 1. The monoisotopic (exact) mass is 704 g/mol. The Bertz CT molecular complexity index is 1490. The van der Waals surface area contributed by atoms with Gasteiger partial charge >= 0.3 is 5.97 Å². The summed E-state index contributed by atoms with van der Waals surface area (Å²) in [5, 5.41) is 0. The van der Waals surface area contributed by atoms with Crippen molar-refractivity contribution in [2.75, 3.05) is 13.7 Å². The first-order valence-corrected chi connectivity index (χ1v) is 13.2. The molecule has 0 saturated carbocycles. The van der Waals surface area contributed by atoms with E-state index in [1.807, 2.05) is 12.1 Å². The van der Waals surface area contributed by atoms with E-state index in [0.717, 1.165) is 12.7 Å². The van der Waals surface area contributed by atoms with Gasteiger partial charge < -0.3 is 9.47 Å². The smallest absolute Gasteiger partial charge is 0.338 e. The van der Waals surface area contributed by atoms with Crippen LogP contribution >= 0.6 is 56.5 Å². The van der Waals surface area contributed by atoms with Gasteiger partial charge in [0.1, 0.15) is 11.6 Å². The first-order chi connectivity index (χ1) is 16.2. The highest BCUT2D eigenvalue weighted by Gasteiger charge is 2.33. The lowest BCUT2D eigenvalue weighted by atomic mass is 9.96. The van der Waals surface area contributed by atoms with Crippen LogP contribution in [0.5, 0.6) is 5.75 Å². The second-order valence-electron chi connectivity index (χ2n) is 7.36. The van der Waals surface area contributed by atoms with Crippen molar-refractivity contribution in [1.29, 1.82) is 0 Å². The van der Waals surface area contributed by atoms with Crippen LogP contribution in [0, 0.1) is 13.0 Å². The largest absolute Gasteiger partial charge is 0.495 e. The number of methoxy groups -OCH3 is 1. The SMILES string of the molecule is CCOC(=O)C1=C(C)N=c2s/c(=C\c3cc(I)cc(I)c3OC)c(=O)n2[C@H]1c1ccc(F)cc1. The summed E-state index contributed by atoms with van der Waals surface area (Å²) in [7, 11) is 1.59. The zero-order valence-corrected chi connectivity index (χ0v) is 23.5. The molecule has 2 aromatic carbocycles. The summed E-state index contributed by atoms with van der Waals surface area (Å²) in [6.45, 7) is 3.61. The quantitative estimate of drug-likeness (QED) is 0.296. The molecule has 0 amide bonds. The van der Waals surface area contributed by atoms with Crippen LogP contribution in [0.15, 0.2) is 57.5 Å². The first-order valence-electron chi connectivity index (χ1n) is 10.2. The minimum atomic E-state index is -0.781. The number of halogens is 3. The molecule has 0 aliphatic carbocycles. The number of allylic oxidation sites excluding steroid dienone is 1. The van der Waals surface area contributed by atoms with Gasteiger partial charge in [-0.05, 0) is 94.9 Å². The molecule has 0 spiro atoms. The highest BCUT2D eigenvalue weighted by atomic mass is 127. The number of hydrogen-bond acceptors (Lipinski definition) is 6. The number of rotatable bonds is 5. The summed E-state index contributed by atoms with van der Waals surface area (Å²) < 4.78 is 28.4. The molecule has 1 aliphatic rings. The van der Waals surface area contributed by atoms with Gasteiger partial charge in [0.2, 0.25) is 0 Å². The molecule has 0 fully saturated rings. The van der Waals surface area contributed by atoms with Crippen molar-refractivity contribution in [3.8, 4) is 5.75 Å². The third kappa shape index (κ3) is 4.71. The number of thiazole rings is 1. The van der Waals surface area contributed by atoms with E-state index >= 15 is 0 Å². The molecule has 0 N–H and O–H groups in total. The van der Waals surface area contributed by atoms with Crippen LogP contribution in [-0.2, 0) is 9.53 Å². The molecule has 0 unspecified atom stereocenters. The van der Waals surface area contributed by atoms with E-state index < -0.39 is 17.8 Å². The Morgan fingerprint density at radius 1 is 1.26 bits per heavy atom. The molecule has 3 aromatic rings. The molecule has 1 aromatic heterocycles. The van der Waals surface area contributed by atoms with Crippen LogP contribution in [-0.4, -0.2) is 24.3 Å². The highest BCUT2D eigenvalue weighted by molar-refractivity contribution is 14.1. The fraction of sp³-hybridized carbons (Fsp3) is 0.208. The van der Waals surface area contributed by atoms with Gasteiger partial charge in [0, 0.05) is 9.13 Å². The third-order valence-corrected chi connectivity index (χ3v) is 7.64. The van der Waals surface area contributed by atoms with Crippen LogP contribution in [0.1, 0.15) is 31.0 Å². The lowest BCUT2D eigenvalue weighted by Crippen LogP contribution is -2.39. The fourth-order valence-corrected chi connectivity index (χ4v) is 6.94. The van der Waals surface area contributed by atoms with Gasteiger partial charge in [-0.2, -0.15) is 0 Å². The van der Waals surface area contributed by atoms with Gasteiger partial charge in [0.05, 0.1) is 39.1 Å². The van der Waals surface area contributed by atoms with E-state index in [0.29, 0.717) is 26.3 Å². The number of carbonyl (C=O) groups excluding carboxylic acids is 1. The van der Waals surface area contributed by atoms with Gasteiger partial charge in [0.25, 0.3) is 5.56 Å². The Labute approximate surface area is 226 Å². The second kappa shape index (κ2) is 10.3. The molecule has 176 valence electrons. The third-order valence-electron chi connectivity index (χ3n) is 5.23. The second-order valence-corrected chi connectivity index (χ2v) is 10.8. The molecular formula is C24H19FI2N2O4S. The number of carbonyl (C=O) groups is 1. The Hall–Kier alpha value is -2.06. The maximum Gasteiger partial charge on any atom is 0.338 e. The molecule has 0 saturated heterocycles. The van der Waals surface area contributed by atoms with E-state index in [1.54, 1.807) is 39.2 Å². The minimum absolute atomic E-state index is 0.182. The molecule has 34 heavy (non-hydrogen) atoms. The van der Waals surface area contributed by atoms with Crippen molar-refractivity contribution < 1.29 is 18.7 Å². The predicted octanol–water partition coefficient (Wildman–Crippen LogP) is 4.16. The summed E-state index contributed by atoms with van der Waals surface area (Å²) in [5.41, 5.74) is 1.77. The molecule has 1 atom stereocenters. The summed E-state index contributed by atoms with van der Waals surface area (Å²) >= 11 is 5.64. The van der Waals surface area contributed by atoms with E-state index in [2.05, 4.69) is 50.2 Å². The van der Waals surface area contributed by atoms with Gasteiger partial charge in [-0.3, -0.25) is 9.36 Å². The van der Waals surface area contributed by atoms with Crippen LogP contribution < -0.4 is 19.6 Å². The van der Waals surface area contributed by atoms with E-state index in [1.165, 1.54) is 28.0 Å². The lowest BCUT2D eigenvalue weighted by Gasteiger charge is -2.24.